The lowest BCUT2D eigenvalue weighted by molar-refractivity contribution is -0.126. The number of rotatable bonds is 6. The summed E-state index contributed by atoms with van der Waals surface area (Å²) >= 11 is 0. The van der Waals surface area contributed by atoms with Gasteiger partial charge in [0.1, 0.15) is 5.82 Å². The van der Waals surface area contributed by atoms with Crippen LogP contribution in [0.2, 0.25) is 0 Å². The first-order valence-corrected chi connectivity index (χ1v) is 10.2. The van der Waals surface area contributed by atoms with Gasteiger partial charge in [0.25, 0.3) is 0 Å². The first-order chi connectivity index (χ1) is 13.7. The minimum absolute atomic E-state index is 0.116. The SMILES string of the molecule is CCn1c(CN2CCC(C(=O)NCc3ccccc3)CC2)nc2ccccc21. The Hall–Kier alpha value is -2.66. The van der Waals surface area contributed by atoms with Gasteiger partial charge in [0.15, 0.2) is 0 Å². The number of hydrogen-bond acceptors (Lipinski definition) is 3. The zero-order chi connectivity index (χ0) is 19.3. The number of amides is 1. The van der Waals surface area contributed by atoms with E-state index in [-0.39, 0.29) is 11.8 Å². The number of nitrogens with zero attached hydrogens (tertiary/aromatic N) is 3. The van der Waals surface area contributed by atoms with Crippen LogP contribution < -0.4 is 5.32 Å². The number of aryl methyl sites for hydroxylation is 1. The molecule has 5 heteroatoms. The smallest absolute Gasteiger partial charge is 0.223 e. The van der Waals surface area contributed by atoms with E-state index in [1.165, 1.54) is 5.52 Å². The first kappa shape index (κ1) is 18.7. The number of aromatic nitrogens is 2. The van der Waals surface area contributed by atoms with Crippen molar-refractivity contribution < 1.29 is 4.79 Å². The quantitative estimate of drug-likeness (QED) is 0.715. The van der Waals surface area contributed by atoms with Gasteiger partial charge in [0.05, 0.1) is 17.6 Å². The molecule has 0 aliphatic carbocycles. The molecule has 2 heterocycles. The van der Waals surface area contributed by atoms with Crippen LogP contribution in [-0.2, 0) is 24.4 Å². The summed E-state index contributed by atoms with van der Waals surface area (Å²) in [5.74, 6) is 1.42. The van der Waals surface area contributed by atoms with Gasteiger partial charge >= 0.3 is 0 Å². The Bertz CT molecular complexity index is 926. The van der Waals surface area contributed by atoms with Crippen molar-refractivity contribution in [1.29, 1.82) is 0 Å². The number of carbonyl (C=O) groups excluding carboxylic acids is 1. The van der Waals surface area contributed by atoms with Crippen molar-refractivity contribution in [3.05, 3.63) is 66.0 Å². The highest BCUT2D eigenvalue weighted by molar-refractivity contribution is 5.78. The number of imidazole rings is 1. The first-order valence-electron chi connectivity index (χ1n) is 10.2. The molecule has 146 valence electrons. The van der Waals surface area contributed by atoms with Crippen molar-refractivity contribution >= 4 is 16.9 Å². The van der Waals surface area contributed by atoms with Gasteiger partial charge in [-0.05, 0) is 50.6 Å². The number of hydrogen-bond donors (Lipinski definition) is 1. The Morgan fingerprint density at radius 2 is 1.79 bits per heavy atom. The van der Waals surface area contributed by atoms with E-state index in [0.29, 0.717) is 6.54 Å². The van der Waals surface area contributed by atoms with Crippen molar-refractivity contribution in [2.75, 3.05) is 13.1 Å². The van der Waals surface area contributed by atoms with E-state index in [4.69, 9.17) is 4.98 Å². The minimum Gasteiger partial charge on any atom is -0.352 e. The molecule has 0 saturated carbocycles. The molecule has 0 atom stereocenters. The standard InChI is InChI=1S/C23H28N4O/c1-2-27-21-11-7-6-10-20(21)25-22(27)17-26-14-12-19(13-15-26)23(28)24-16-18-8-4-3-5-9-18/h3-11,19H,2,12-17H2,1H3,(H,24,28). The second-order valence-electron chi connectivity index (χ2n) is 7.51. The molecular weight excluding hydrogens is 348 g/mol. The number of carbonyl (C=O) groups is 1. The van der Waals surface area contributed by atoms with Crippen molar-refractivity contribution in [3.63, 3.8) is 0 Å². The number of nitrogens with one attached hydrogen (secondary N) is 1. The summed E-state index contributed by atoms with van der Waals surface area (Å²) in [6.45, 7) is 6.43. The molecule has 3 aromatic rings. The molecule has 0 spiro atoms. The third-order valence-corrected chi connectivity index (χ3v) is 5.68. The van der Waals surface area contributed by atoms with Crippen molar-refractivity contribution in [3.8, 4) is 0 Å². The molecule has 1 fully saturated rings. The molecule has 1 aliphatic rings. The number of likely N-dealkylation sites (tertiary alicyclic amines) is 1. The average Bonchev–Trinajstić information content (AvgIpc) is 3.10. The van der Waals surface area contributed by atoms with Gasteiger partial charge in [-0.3, -0.25) is 9.69 Å². The Morgan fingerprint density at radius 1 is 1.07 bits per heavy atom. The normalized spacial score (nSPS) is 15.8. The van der Waals surface area contributed by atoms with Gasteiger partial charge in [-0.1, -0.05) is 42.5 Å². The highest BCUT2D eigenvalue weighted by Gasteiger charge is 2.25. The Balaban J connectivity index is 1.31. The van der Waals surface area contributed by atoms with Crippen LogP contribution in [0.1, 0.15) is 31.2 Å². The molecule has 1 aliphatic heterocycles. The third-order valence-electron chi connectivity index (χ3n) is 5.68. The highest BCUT2D eigenvalue weighted by atomic mass is 16.1. The number of fused-ring (bicyclic) bond motifs is 1. The van der Waals surface area contributed by atoms with Crippen LogP contribution in [0.3, 0.4) is 0 Å². The molecule has 4 rings (SSSR count). The third kappa shape index (κ3) is 4.09. The van der Waals surface area contributed by atoms with Crippen molar-refractivity contribution in [1.82, 2.24) is 19.8 Å². The summed E-state index contributed by atoms with van der Waals surface area (Å²) in [7, 11) is 0. The molecular formula is C23H28N4O. The molecule has 28 heavy (non-hydrogen) atoms. The van der Waals surface area contributed by atoms with Gasteiger partial charge < -0.3 is 9.88 Å². The van der Waals surface area contributed by atoms with Crippen molar-refractivity contribution in [2.45, 2.75) is 39.4 Å². The predicted octanol–water partition coefficient (Wildman–Crippen LogP) is 3.58. The number of para-hydroxylation sites is 2. The largest absolute Gasteiger partial charge is 0.352 e. The molecule has 2 aromatic carbocycles. The summed E-state index contributed by atoms with van der Waals surface area (Å²) in [6, 6.07) is 18.4. The Kier molecular flexibility index (Phi) is 5.72. The monoisotopic (exact) mass is 376 g/mol. The van der Waals surface area contributed by atoms with Gasteiger partial charge in [-0.25, -0.2) is 4.98 Å². The molecule has 0 radical (unpaired) electrons. The summed E-state index contributed by atoms with van der Waals surface area (Å²) in [5, 5.41) is 3.10. The van der Waals surface area contributed by atoms with E-state index in [9.17, 15) is 4.79 Å². The second-order valence-corrected chi connectivity index (χ2v) is 7.51. The molecule has 1 amide bonds. The summed E-state index contributed by atoms with van der Waals surface area (Å²) < 4.78 is 2.30. The van der Waals surface area contributed by atoms with Gasteiger partial charge in [0, 0.05) is 19.0 Å². The maximum atomic E-state index is 12.5. The Labute approximate surface area is 166 Å². The van der Waals surface area contributed by atoms with E-state index in [0.717, 1.165) is 55.9 Å². The Morgan fingerprint density at radius 3 is 2.54 bits per heavy atom. The summed E-state index contributed by atoms with van der Waals surface area (Å²) in [6.07, 6.45) is 1.82. The second kappa shape index (κ2) is 8.57. The van der Waals surface area contributed by atoms with Crippen LogP contribution in [0.15, 0.2) is 54.6 Å². The van der Waals surface area contributed by atoms with E-state index in [2.05, 4.69) is 39.9 Å². The van der Waals surface area contributed by atoms with Crippen LogP contribution in [-0.4, -0.2) is 33.4 Å². The molecule has 1 saturated heterocycles. The summed E-state index contributed by atoms with van der Waals surface area (Å²) in [5.41, 5.74) is 3.41. The zero-order valence-corrected chi connectivity index (χ0v) is 16.5. The summed E-state index contributed by atoms with van der Waals surface area (Å²) in [4.78, 5) is 19.8. The predicted molar refractivity (Wildman–Crippen MR) is 112 cm³/mol. The minimum atomic E-state index is 0.116. The lowest BCUT2D eigenvalue weighted by Gasteiger charge is -2.31. The number of piperidine rings is 1. The van der Waals surface area contributed by atoms with Crippen molar-refractivity contribution in [2.24, 2.45) is 5.92 Å². The molecule has 0 bridgehead atoms. The van der Waals surface area contributed by atoms with E-state index >= 15 is 0 Å². The van der Waals surface area contributed by atoms with Gasteiger partial charge in [0.2, 0.25) is 5.91 Å². The lowest BCUT2D eigenvalue weighted by atomic mass is 9.96. The maximum absolute atomic E-state index is 12.5. The highest BCUT2D eigenvalue weighted by Crippen LogP contribution is 2.22. The van der Waals surface area contributed by atoms with Crippen LogP contribution in [0.25, 0.3) is 11.0 Å². The fourth-order valence-corrected chi connectivity index (χ4v) is 4.08. The van der Waals surface area contributed by atoms with E-state index < -0.39 is 0 Å². The zero-order valence-electron chi connectivity index (χ0n) is 16.5. The number of benzene rings is 2. The van der Waals surface area contributed by atoms with E-state index in [1.54, 1.807) is 0 Å². The van der Waals surface area contributed by atoms with Crippen LogP contribution in [0.4, 0.5) is 0 Å². The fourth-order valence-electron chi connectivity index (χ4n) is 4.08. The molecule has 1 N–H and O–H groups in total. The van der Waals surface area contributed by atoms with Gasteiger partial charge in [-0.15, -0.1) is 0 Å². The maximum Gasteiger partial charge on any atom is 0.223 e. The fraction of sp³-hybridized carbons (Fsp3) is 0.391. The van der Waals surface area contributed by atoms with Gasteiger partial charge in [-0.2, -0.15) is 0 Å². The average molecular weight is 377 g/mol. The van der Waals surface area contributed by atoms with E-state index in [1.807, 2.05) is 36.4 Å². The molecule has 0 unspecified atom stereocenters. The lowest BCUT2D eigenvalue weighted by Crippen LogP contribution is -2.40. The van der Waals surface area contributed by atoms with Crippen LogP contribution in [0.5, 0.6) is 0 Å². The topological polar surface area (TPSA) is 50.2 Å². The molecule has 5 nitrogen and oxygen atoms in total. The van der Waals surface area contributed by atoms with Crippen LogP contribution in [0, 0.1) is 5.92 Å². The van der Waals surface area contributed by atoms with Crippen LogP contribution >= 0.6 is 0 Å². The molecule has 1 aromatic heterocycles.